The van der Waals surface area contributed by atoms with E-state index >= 15 is 0 Å². The van der Waals surface area contributed by atoms with Gasteiger partial charge in [-0.05, 0) is 48.0 Å². The van der Waals surface area contributed by atoms with E-state index in [0.29, 0.717) is 10.8 Å². The molecule has 1 unspecified atom stereocenters. The van der Waals surface area contributed by atoms with E-state index in [4.69, 9.17) is 4.74 Å². The first-order valence-corrected chi connectivity index (χ1v) is 12.3. The van der Waals surface area contributed by atoms with Crippen LogP contribution in [0.15, 0.2) is 89.1 Å². The minimum absolute atomic E-state index is 0.143. The Labute approximate surface area is 206 Å². The van der Waals surface area contributed by atoms with Gasteiger partial charge < -0.3 is 15.4 Å². The Hall–Kier alpha value is -3.62. The highest BCUT2D eigenvalue weighted by Crippen LogP contribution is 2.37. The van der Waals surface area contributed by atoms with Gasteiger partial charge >= 0.3 is 0 Å². The van der Waals surface area contributed by atoms with Crippen LogP contribution >= 0.6 is 23.1 Å². The lowest BCUT2D eigenvalue weighted by Crippen LogP contribution is -2.19. The number of thiazole rings is 1. The molecule has 1 atom stereocenters. The summed E-state index contributed by atoms with van der Waals surface area (Å²) in [7, 11) is 1.63. The lowest BCUT2D eigenvalue weighted by molar-refractivity contribution is -0.116. The van der Waals surface area contributed by atoms with Crippen molar-refractivity contribution in [2.75, 3.05) is 17.7 Å². The van der Waals surface area contributed by atoms with Crippen LogP contribution < -0.4 is 15.4 Å². The predicted octanol–water partition coefficient (Wildman–Crippen LogP) is 6.25. The monoisotopic (exact) mass is 489 g/mol. The Balaban J connectivity index is 1.54. The number of benzene rings is 3. The molecule has 0 aliphatic rings. The van der Waals surface area contributed by atoms with Gasteiger partial charge in [0.2, 0.25) is 11.8 Å². The number of carbonyl (C=O) groups excluding carboxylic acids is 2. The van der Waals surface area contributed by atoms with Crippen LogP contribution in [0.1, 0.15) is 17.7 Å². The molecule has 1 heterocycles. The number of rotatable bonds is 8. The quantitative estimate of drug-likeness (QED) is 0.286. The molecule has 2 N–H and O–H groups in total. The third-order valence-electron chi connectivity index (χ3n) is 4.87. The maximum atomic E-state index is 13.4. The minimum Gasteiger partial charge on any atom is -0.497 e. The fourth-order valence-electron chi connectivity index (χ4n) is 3.28. The number of hydrogen-bond acceptors (Lipinski definition) is 6. The molecule has 1 aromatic heterocycles. The predicted molar refractivity (Wildman–Crippen MR) is 139 cm³/mol. The maximum Gasteiger partial charge on any atom is 0.244 e. The van der Waals surface area contributed by atoms with E-state index < -0.39 is 5.25 Å². The van der Waals surface area contributed by atoms with Crippen molar-refractivity contribution in [3.63, 3.8) is 0 Å². The zero-order valence-electron chi connectivity index (χ0n) is 18.6. The second-order valence-electron chi connectivity index (χ2n) is 7.37. The molecule has 4 aromatic rings. The van der Waals surface area contributed by atoms with Crippen LogP contribution in [0.4, 0.5) is 10.8 Å². The van der Waals surface area contributed by atoms with Gasteiger partial charge in [-0.15, -0.1) is 23.1 Å². The standard InChI is InChI=1S/C26H23N3O3S2/c1-17(30)27-20-9-6-10-22(15-20)34-24(19-7-4-3-5-8-19)25(31)29-26-28-23(16-33-26)18-11-13-21(32-2)14-12-18/h3-16,24H,1-2H3,(H,27,30)(H,28,29,31). The van der Waals surface area contributed by atoms with Crippen molar-refractivity contribution in [1.29, 1.82) is 0 Å². The molecule has 34 heavy (non-hydrogen) atoms. The number of methoxy groups -OCH3 is 1. The van der Waals surface area contributed by atoms with E-state index in [1.165, 1.54) is 30.0 Å². The second kappa shape index (κ2) is 11.0. The number of nitrogens with one attached hydrogen (secondary N) is 2. The summed E-state index contributed by atoms with van der Waals surface area (Å²) in [6.45, 7) is 1.47. The number of hydrogen-bond donors (Lipinski definition) is 2. The number of anilines is 2. The van der Waals surface area contributed by atoms with Gasteiger partial charge in [0.1, 0.15) is 11.0 Å². The third kappa shape index (κ3) is 6.03. The molecule has 0 radical (unpaired) electrons. The molecule has 4 rings (SSSR count). The van der Waals surface area contributed by atoms with Crippen LogP contribution in [0, 0.1) is 0 Å². The van der Waals surface area contributed by atoms with Gasteiger partial charge in [-0.3, -0.25) is 9.59 Å². The van der Waals surface area contributed by atoms with Crippen LogP contribution in [0.2, 0.25) is 0 Å². The highest BCUT2D eigenvalue weighted by Gasteiger charge is 2.23. The van der Waals surface area contributed by atoms with Gasteiger partial charge in [-0.2, -0.15) is 0 Å². The molecular weight excluding hydrogens is 466 g/mol. The van der Waals surface area contributed by atoms with E-state index in [0.717, 1.165) is 27.5 Å². The largest absolute Gasteiger partial charge is 0.497 e. The summed E-state index contributed by atoms with van der Waals surface area (Å²) in [6.07, 6.45) is 0. The second-order valence-corrected chi connectivity index (χ2v) is 9.41. The maximum absolute atomic E-state index is 13.4. The van der Waals surface area contributed by atoms with Crippen molar-refractivity contribution < 1.29 is 14.3 Å². The molecular formula is C26H23N3O3S2. The van der Waals surface area contributed by atoms with E-state index in [-0.39, 0.29) is 11.8 Å². The van der Waals surface area contributed by atoms with Gasteiger partial charge in [0.05, 0.1) is 12.8 Å². The van der Waals surface area contributed by atoms with Crippen molar-refractivity contribution in [3.8, 4) is 17.0 Å². The SMILES string of the molecule is COc1ccc(-c2csc(NC(=O)C(Sc3cccc(NC(C)=O)c3)c3ccccc3)n2)cc1. The van der Waals surface area contributed by atoms with Crippen LogP contribution in [0.3, 0.4) is 0 Å². The summed E-state index contributed by atoms with van der Waals surface area (Å²) in [6, 6.07) is 24.7. The van der Waals surface area contributed by atoms with Crippen molar-refractivity contribution in [2.45, 2.75) is 17.1 Å². The molecule has 6 nitrogen and oxygen atoms in total. The normalized spacial score (nSPS) is 11.5. The zero-order chi connectivity index (χ0) is 23.9. The van der Waals surface area contributed by atoms with Crippen LogP contribution in [0.5, 0.6) is 5.75 Å². The molecule has 0 bridgehead atoms. The summed E-state index contributed by atoms with van der Waals surface area (Å²) in [5.41, 5.74) is 3.30. The summed E-state index contributed by atoms with van der Waals surface area (Å²) in [4.78, 5) is 30.2. The average molecular weight is 490 g/mol. The van der Waals surface area contributed by atoms with Crippen molar-refractivity contribution in [2.24, 2.45) is 0 Å². The summed E-state index contributed by atoms with van der Waals surface area (Å²) in [5, 5.41) is 7.71. The molecule has 0 saturated heterocycles. The smallest absolute Gasteiger partial charge is 0.244 e. The molecule has 3 aromatic carbocycles. The molecule has 0 aliphatic carbocycles. The fraction of sp³-hybridized carbons (Fsp3) is 0.115. The Morgan fingerprint density at radius 1 is 0.971 bits per heavy atom. The molecule has 0 aliphatic heterocycles. The molecule has 0 spiro atoms. The summed E-state index contributed by atoms with van der Waals surface area (Å²) in [5.74, 6) is 0.463. The van der Waals surface area contributed by atoms with E-state index in [2.05, 4.69) is 15.6 Å². The van der Waals surface area contributed by atoms with Gasteiger partial charge in [0.25, 0.3) is 0 Å². The van der Waals surface area contributed by atoms with Crippen molar-refractivity contribution in [3.05, 3.63) is 89.8 Å². The summed E-state index contributed by atoms with van der Waals surface area (Å²) >= 11 is 2.80. The molecule has 172 valence electrons. The molecule has 8 heteroatoms. The number of aromatic nitrogens is 1. The molecule has 0 fully saturated rings. The topological polar surface area (TPSA) is 80.3 Å². The average Bonchev–Trinajstić information content (AvgIpc) is 3.31. The summed E-state index contributed by atoms with van der Waals surface area (Å²) < 4.78 is 5.21. The first kappa shape index (κ1) is 23.5. The van der Waals surface area contributed by atoms with E-state index in [9.17, 15) is 9.59 Å². The number of amides is 2. The third-order valence-corrected chi connectivity index (χ3v) is 6.87. The van der Waals surface area contributed by atoms with Crippen molar-refractivity contribution in [1.82, 2.24) is 4.98 Å². The zero-order valence-corrected chi connectivity index (χ0v) is 20.3. The van der Waals surface area contributed by atoms with Gasteiger partial charge in [-0.1, -0.05) is 36.4 Å². The minimum atomic E-state index is -0.498. The lowest BCUT2D eigenvalue weighted by Gasteiger charge is -2.16. The van der Waals surface area contributed by atoms with E-state index in [1.54, 1.807) is 7.11 Å². The number of thioether (sulfide) groups is 1. The van der Waals surface area contributed by atoms with Crippen LogP contribution in [-0.4, -0.2) is 23.9 Å². The van der Waals surface area contributed by atoms with Gasteiger partial charge in [0, 0.05) is 28.5 Å². The fourth-order valence-corrected chi connectivity index (χ4v) is 5.09. The number of ether oxygens (including phenoxy) is 1. The first-order chi connectivity index (χ1) is 16.5. The van der Waals surface area contributed by atoms with E-state index in [1.807, 2.05) is 84.2 Å². The first-order valence-electron chi connectivity index (χ1n) is 10.5. The Kier molecular flexibility index (Phi) is 7.61. The van der Waals surface area contributed by atoms with Gasteiger partial charge in [-0.25, -0.2) is 4.98 Å². The molecule has 0 saturated carbocycles. The lowest BCUT2D eigenvalue weighted by atomic mass is 10.1. The Morgan fingerprint density at radius 3 is 2.44 bits per heavy atom. The van der Waals surface area contributed by atoms with Crippen molar-refractivity contribution >= 4 is 45.7 Å². The molecule has 2 amide bonds. The Morgan fingerprint density at radius 2 is 1.74 bits per heavy atom. The van der Waals surface area contributed by atoms with Crippen LogP contribution in [-0.2, 0) is 9.59 Å². The number of carbonyl (C=O) groups is 2. The van der Waals surface area contributed by atoms with Crippen LogP contribution in [0.25, 0.3) is 11.3 Å². The number of nitrogens with zero attached hydrogens (tertiary/aromatic N) is 1. The van der Waals surface area contributed by atoms with Gasteiger partial charge in [0.15, 0.2) is 5.13 Å². The highest BCUT2D eigenvalue weighted by molar-refractivity contribution is 8.00. The highest BCUT2D eigenvalue weighted by atomic mass is 32.2. The Bertz CT molecular complexity index is 1270.